The summed E-state index contributed by atoms with van der Waals surface area (Å²) in [5.41, 5.74) is 0.251. The number of rotatable bonds is 3. The molecule has 0 fully saturated rings. The molecule has 3 heterocycles. The molecule has 0 atom stereocenters. The quantitative estimate of drug-likeness (QED) is 0.727. The van der Waals surface area contributed by atoms with Crippen molar-refractivity contribution in [3.8, 4) is 0 Å². The second-order valence-electron chi connectivity index (χ2n) is 5.64. The van der Waals surface area contributed by atoms with Crippen molar-refractivity contribution in [2.45, 2.75) is 13.5 Å². The van der Waals surface area contributed by atoms with Crippen LogP contribution in [0.25, 0.3) is 11.2 Å². The summed E-state index contributed by atoms with van der Waals surface area (Å²) >= 11 is 6.05. The minimum Gasteiger partial charge on any atom is -0.315 e. The van der Waals surface area contributed by atoms with E-state index in [-0.39, 0.29) is 23.5 Å². The number of nitrogens with zero attached hydrogens (tertiary/aromatic N) is 5. The molecule has 0 spiro atoms. The highest BCUT2D eigenvalue weighted by Crippen LogP contribution is 2.19. The fraction of sp³-hybridized carbons (Fsp3) is 0.267. The van der Waals surface area contributed by atoms with Crippen LogP contribution in [0.4, 0.5) is 5.82 Å². The van der Waals surface area contributed by atoms with Crippen molar-refractivity contribution >= 4 is 34.5 Å². The van der Waals surface area contributed by atoms with Crippen molar-refractivity contribution in [2.75, 3.05) is 5.32 Å². The van der Waals surface area contributed by atoms with Crippen molar-refractivity contribution in [1.29, 1.82) is 0 Å². The Morgan fingerprint density at radius 1 is 1.24 bits per heavy atom. The minimum absolute atomic E-state index is 0.169. The van der Waals surface area contributed by atoms with E-state index in [1.54, 1.807) is 12.3 Å². The van der Waals surface area contributed by atoms with Gasteiger partial charge in [-0.3, -0.25) is 18.7 Å². The van der Waals surface area contributed by atoms with Gasteiger partial charge in [-0.05, 0) is 18.6 Å². The number of pyridine rings is 1. The van der Waals surface area contributed by atoms with Gasteiger partial charge in [0.15, 0.2) is 17.0 Å². The van der Waals surface area contributed by atoms with Gasteiger partial charge >= 0.3 is 5.69 Å². The smallest absolute Gasteiger partial charge is 0.315 e. The van der Waals surface area contributed by atoms with Crippen LogP contribution in [-0.2, 0) is 25.4 Å². The number of amides is 1. The van der Waals surface area contributed by atoms with Crippen molar-refractivity contribution in [2.24, 2.45) is 14.1 Å². The maximum absolute atomic E-state index is 12.3. The normalized spacial score (nSPS) is 11.0. The second kappa shape index (κ2) is 6.17. The highest BCUT2D eigenvalue weighted by molar-refractivity contribution is 6.33. The number of imidazole rings is 1. The molecule has 0 radical (unpaired) electrons. The number of carbonyl (C=O) groups is 1. The van der Waals surface area contributed by atoms with Crippen molar-refractivity contribution < 1.29 is 4.79 Å². The Morgan fingerprint density at radius 3 is 2.64 bits per heavy atom. The van der Waals surface area contributed by atoms with Gasteiger partial charge in [-0.1, -0.05) is 11.6 Å². The summed E-state index contributed by atoms with van der Waals surface area (Å²) in [5, 5.41) is 2.91. The molecule has 0 unspecified atom stereocenters. The molecule has 10 heteroatoms. The molecule has 3 aromatic rings. The predicted octanol–water partition coefficient (Wildman–Crippen LogP) is 0.429. The molecule has 0 saturated heterocycles. The zero-order valence-electron chi connectivity index (χ0n) is 13.8. The molecule has 3 rings (SSSR count). The molecule has 25 heavy (non-hydrogen) atoms. The van der Waals surface area contributed by atoms with E-state index in [2.05, 4.69) is 15.3 Å². The molecular formula is C15H15ClN6O3. The SMILES string of the molecule is Cc1cnc(NC(=O)Cn2cnc3c2c(=O)n(C)c(=O)n3C)c(Cl)c1. The summed E-state index contributed by atoms with van der Waals surface area (Å²) in [4.78, 5) is 44.7. The Balaban J connectivity index is 1.94. The first kappa shape index (κ1) is 16.9. The van der Waals surface area contributed by atoms with Crippen LogP contribution in [0.2, 0.25) is 5.02 Å². The van der Waals surface area contributed by atoms with Gasteiger partial charge in [-0.25, -0.2) is 14.8 Å². The van der Waals surface area contributed by atoms with Gasteiger partial charge in [0.05, 0.1) is 11.3 Å². The number of halogens is 1. The van der Waals surface area contributed by atoms with Crippen LogP contribution in [0.15, 0.2) is 28.2 Å². The standard InChI is InChI=1S/C15H15ClN6O3/c1-8-4-9(16)12(17-5-8)19-10(23)6-22-7-18-13-11(22)14(24)21(3)15(25)20(13)2/h4-5,7H,6H2,1-3H3,(H,17,19,23). The van der Waals surface area contributed by atoms with Crippen LogP contribution in [-0.4, -0.2) is 29.6 Å². The zero-order chi connectivity index (χ0) is 18.3. The molecular weight excluding hydrogens is 348 g/mol. The van der Waals surface area contributed by atoms with Crippen LogP contribution < -0.4 is 16.6 Å². The largest absolute Gasteiger partial charge is 0.332 e. The van der Waals surface area contributed by atoms with Gasteiger partial charge in [0, 0.05) is 20.3 Å². The van der Waals surface area contributed by atoms with Gasteiger partial charge < -0.3 is 9.88 Å². The first-order valence-electron chi connectivity index (χ1n) is 7.32. The van der Waals surface area contributed by atoms with E-state index in [1.165, 1.54) is 29.6 Å². The number of carbonyl (C=O) groups excluding carboxylic acids is 1. The van der Waals surface area contributed by atoms with E-state index in [1.807, 2.05) is 6.92 Å². The Bertz CT molecular complexity index is 1110. The summed E-state index contributed by atoms with van der Waals surface area (Å²) in [5.74, 6) is -0.185. The maximum Gasteiger partial charge on any atom is 0.332 e. The van der Waals surface area contributed by atoms with Crippen LogP contribution in [0.3, 0.4) is 0 Å². The second-order valence-corrected chi connectivity index (χ2v) is 6.05. The van der Waals surface area contributed by atoms with E-state index < -0.39 is 17.2 Å². The van der Waals surface area contributed by atoms with Crippen LogP contribution >= 0.6 is 11.6 Å². The molecule has 1 N–H and O–H groups in total. The highest BCUT2D eigenvalue weighted by atomic mass is 35.5. The number of aromatic nitrogens is 5. The van der Waals surface area contributed by atoms with Gasteiger partial charge in [0.25, 0.3) is 5.56 Å². The minimum atomic E-state index is -0.519. The number of fused-ring (bicyclic) bond motifs is 1. The third kappa shape index (κ3) is 2.93. The van der Waals surface area contributed by atoms with Crippen molar-refractivity contribution in [3.05, 3.63) is 50.0 Å². The Morgan fingerprint density at radius 2 is 1.96 bits per heavy atom. The lowest BCUT2D eigenvalue weighted by Crippen LogP contribution is -2.37. The predicted molar refractivity (Wildman–Crippen MR) is 92.8 cm³/mol. The molecule has 1 amide bonds. The molecule has 0 saturated carbocycles. The van der Waals surface area contributed by atoms with E-state index in [0.29, 0.717) is 5.02 Å². The Labute approximate surface area is 146 Å². The van der Waals surface area contributed by atoms with Crippen molar-refractivity contribution in [1.82, 2.24) is 23.7 Å². The molecule has 0 bridgehead atoms. The van der Waals surface area contributed by atoms with E-state index in [9.17, 15) is 14.4 Å². The number of hydrogen-bond donors (Lipinski definition) is 1. The fourth-order valence-corrected chi connectivity index (χ4v) is 2.74. The summed E-state index contributed by atoms with van der Waals surface area (Å²) < 4.78 is 3.61. The summed E-state index contributed by atoms with van der Waals surface area (Å²) in [6.07, 6.45) is 2.93. The van der Waals surface area contributed by atoms with Crippen molar-refractivity contribution in [3.63, 3.8) is 0 Å². The lowest BCUT2D eigenvalue weighted by atomic mass is 10.3. The van der Waals surface area contributed by atoms with Crippen LogP contribution in [0, 0.1) is 6.92 Å². The molecule has 9 nitrogen and oxygen atoms in total. The average molecular weight is 363 g/mol. The van der Waals surface area contributed by atoms with Crippen LogP contribution in [0.1, 0.15) is 5.56 Å². The average Bonchev–Trinajstić information content (AvgIpc) is 2.97. The summed E-state index contributed by atoms with van der Waals surface area (Å²) in [6.45, 7) is 1.66. The number of aryl methyl sites for hydroxylation is 2. The summed E-state index contributed by atoms with van der Waals surface area (Å²) in [6, 6.07) is 1.68. The van der Waals surface area contributed by atoms with Gasteiger partial charge in [-0.2, -0.15) is 0 Å². The highest BCUT2D eigenvalue weighted by Gasteiger charge is 2.16. The Hall–Kier alpha value is -2.94. The molecule has 0 aliphatic heterocycles. The van der Waals surface area contributed by atoms with Gasteiger partial charge in [-0.15, -0.1) is 0 Å². The third-order valence-corrected chi connectivity index (χ3v) is 4.05. The molecule has 0 aliphatic rings. The monoisotopic (exact) mass is 362 g/mol. The lowest BCUT2D eigenvalue weighted by molar-refractivity contribution is -0.116. The first-order chi connectivity index (χ1) is 11.8. The van der Waals surface area contributed by atoms with E-state index >= 15 is 0 Å². The zero-order valence-corrected chi connectivity index (χ0v) is 14.5. The molecule has 130 valence electrons. The van der Waals surface area contributed by atoms with E-state index in [4.69, 9.17) is 11.6 Å². The van der Waals surface area contributed by atoms with Gasteiger partial charge in [0.1, 0.15) is 6.54 Å². The van der Waals surface area contributed by atoms with Gasteiger partial charge in [0.2, 0.25) is 5.91 Å². The lowest BCUT2D eigenvalue weighted by Gasteiger charge is -2.08. The maximum atomic E-state index is 12.3. The van der Waals surface area contributed by atoms with E-state index in [0.717, 1.165) is 10.1 Å². The molecule has 3 aromatic heterocycles. The number of hydrogen-bond acceptors (Lipinski definition) is 5. The fourth-order valence-electron chi connectivity index (χ4n) is 2.47. The Kier molecular flexibility index (Phi) is 4.17. The number of anilines is 1. The third-order valence-electron chi connectivity index (χ3n) is 3.77. The summed E-state index contributed by atoms with van der Waals surface area (Å²) in [7, 11) is 2.88. The van der Waals surface area contributed by atoms with Crippen LogP contribution in [0.5, 0.6) is 0 Å². The first-order valence-corrected chi connectivity index (χ1v) is 7.70. The molecule has 0 aromatic carbocycles. The topological polar surface area (TPSA) is 104 Å². The molecule has 0 aliphatic carbocycles. The number of nitrogens with one attached hydrogen (secondary N) is 1.